The lowest BCUT2D eigenvalue weighted by molar-refractivity contribution is -0.870. The largest absolute Gasteiger partial charge is 0.331 e. The molecule has 0 atom stereocenters. The van der Waals surface area contributed by atoms with Gasteiger partial charge >= 0.3 is 0 Å². The normalized spacial score (nSPS) is 11.6. The van der Waals surface area contributed by atoms with Gasteiger partial charge in [-0.2, -0.15) is 0 Å². The molecule has 0 radical (unpaired) electrons. The molecule has 10 heavy (non-hydrogen) atoms. The van der Waals surface area contributed by atoms with Crippen molar-refractivity contribution in [3.63, 3.8) is 0 Å². The van der Waals surface area contributed by atoms with Crippen LogP contribution in [0.5, 0.6) is 0 Å². The van der Waals surface area contributed by atoms with Gasteiger partial charge in [0.05, 0.1) is 34.1 Å². The van der Waals surface area contributed by atoms with Gasteiger partial charge in [-0.15, -0.1) is 0 Å². The van der Waals surface area contributed by atoms with Crippen LogP contribution >= 0.6 is 0 Å². The monoisotopic (exact) mass is 145 g/mol. The van der Waals surface area contributed by atoms with Gasteiger partial charge in [-0.05, 0) is 0 Å². The topological polar surface area (TPSA) is 21.4 Å². The van der Waals surface area contributed by atoms with Gasteiger partial charge in [-0.1, -0.05) is 0 Å². The Morgan fingerprint density at radius 1 is 1.30 bits per heavy atom. The van der Waals surface area contributed by atoms with E-state index in [1.165, 1.54) is 0 Å². The number of carbonyl (C=O) groups excluding carboxylic acids is 1. The van der Waals surface area contributed by atoms with Crippen molar-refractivity contribution in [3.05, 3.63) is 0 Å². The SMILES string of the molecule is CC(=[OH+])CCC[N+](C)(C)C. The molecule has 0 fully saturated rings. The average molecular weight is 145 g/mol. The zero-order valence-corrected chi connectivity index (χ0v) is 7.52. The van der Waals surface area contributed by atoms with Crippen LogP contribution in [0.15, 0.2) is 0 Å². The Labute approximate surface area is 63.4 Å². The first-order valence-corrected chi connectivity index (χ1v) is 3.74. The van der Waals surface area contributed by atoms with Gasteiger partial charge in [-0.3, -0.25) is 4.79 Å². The maximum absolute atomic E-state index is 8.86. The molecule has 0 bridgehead atoms. The molecule has 0 aliphatic carbocycles. The van der Waals surface area contributed by atoms with Crippen molar-refractivity contribution in [1.82, 2.24) is 0 Å². The molecule has 0 saturated heterocycles. The van der Waals surface area contributed by atoms with Crippen LogP contribution in [0, 0.1) is 0 Å². The Bertz CT molecular complexity index is 113. The molecule has 0 saturated carbocycles. The van der Waals surface area contributed by atoms with Gasteiger partial charge in [0, 0.05) is 13.3 Å². The highest BCUT2D eigenvalue weighted by Crippen LogP contribution is 1.97. The Morgan fingerprint density at radius 2 is 1.80 bits per heavy atom. The molecule has 0 aliphatic rings. The molecule has 0 rings (SSSR count). The fourth-order valence-electron chi connectivity index (χ4n) is 0.809. The quantitative estimate of drug-likeness (QED) is 0.416. The van der Waals surface area contributed by atoms with E-state index >= 15 is 0 Å². The van der Waals surface area contributed by atoms with Crippen molar-refractivity contribution < 1.29 is 9.28 Å². The van der Waals surface area contributed by atoms with Gasteiger partial charge < -0.3 is 4.48 Å². The van der Waals surface area contributed by atoms with Gasteiger partial charge in [-0.25, -0.2) is 0 Å². The lowest BCUT2D eigenvalue weighted by Gasteiger charge is -2.22. The molecule has 0 heterocycles. The standard InChI is InChI=1S/C8H18NO/c1-8(10)6-5-7-9(2,3)4/h5-7H2,1-4H3/q+1/p+1. The number of ketones is 1. The molecular formula is C8H19NO+2. The summed E-state index contributed by atoms with van der Waals surface area (Å²) in [6, 6.07) is 0. The molecule has 0 aromatic heterocycles. The zero-order chi connectivity index (χ0) is 8.20. The minimum atomic E-state index is 0.549. The second-order valence-corrected chi connectivity index (χ2v) is 3.85. The van der Waals surface area contributed by atoms with E-state index < -0.39 is 0 Å². The van der Waals surface area contributed by atoms with Crippen molar-refractivity contribution >= 4 is 5.78 Å². The summed E-state index contributed by atoms with van der Waals surface area (Å²) in [5, 5.41) is 0. The first kappa shape index (κ1) is 9.63. The minimum Gasteiger partial charge on any atom is -0.331 e. The molecule has 0 aromatic carbocycles. The molecule has 0 amide bonds. The minimum absolute atomic E-state index is 0.549. The Kier molecular flexibility index (Phi) is 3.58. The average Bonchev–Trinajstić information content (AvgIpc) is 1.59. The smallest absolute Gasteiger partial charge is 0.290 e. The lowest BCUT2D eigenvalue weighted by atomic mass is 10.2. The highest BCUT2D eigenvalue weighted by atomic mass is 16.1. The van der Waals surface area contributed by atoms with E-state index in [0.29, 0.717) is 5.78 Å². The van der Waals surface area contributed by atoms with E-state index in [1.807, 2.05) is 0 Å². The molecule has 60 valence electrons. The highest BCUT2D eigenvalue weighted by Gasteiger charge is 2.08. The molecule has 1 N–H and O–H groups in total. The lowest BCUT2D eigenvalue weighted by Crippen LogP contribution is -2.35. The van der Waals surface area contributed by atoms with Crippen LogP contribution in [-0.2, 0) is 0 Å². The van der Waals surface area contributed by atoms with Crippen LogP contribution in [0.1, 0.15) is 19.8 Å². The van der Waals surface area contributed by atoms with Crippen LogP contribution in [-0.4, -0.2) is 42.7 Å². The van der Waals surface area contributed by atoms with E-state index in [4.69, 9.17) is 4.79 Å². The van der Waals surface area contributed by atoms with Gasteiger partial charge in [0.2, 0.25) is 0 Å². The van der Waals surface area contributed by atoms with E-state index in [-0.39, 0.29) is 0 Å². The fraction of sp³-hybridized carbons (Fsp3) is 0.875. The van der Waals surface area contributed by atoms with Gasteiger partial charge in [0.15, 0.2) is 0 Å². The number of quaternary nitrogens is 1. The van der Waals surface area contributed by atoms with Gasteiger partial charge in [0.1, 0.15) is 0 Å². The maximum atomic E-state index is 8.86. The summed E-state index contributed by atoms with van der Waals surface area (Å²) in [5.74, 6) is 0.549. The Morgan fingerprint density at radius 3 is 2.10 bits per heavy atom. The van der Waals surface area contributed by atoms with Crippen molar-refractivity contribution in [3.8, 4) is 0 Å². The second kappa shape index (κ2) is 3.71. The highest BCUT2D eigenvalue weighted by molar-refractivity contribution is 5.76. The van der Waals surface area contributed by atoms with Crippen molar-refractivity contribution in [2.24, 2.45) is 0 Å². The van der Waals surface area contributed by atoms with Crippen LogP contribution in [0.25, 0.3) is 0 Å². The summed E-state index contributed by atoms with van der Waals surface area (Å²) in [6.07, 6.45) is 1.92. The molecule has 0 unspecified atom stereocenters. The van der Waals surface area contributed by atoms with Crippen LogP contribution in [0.2, 0.25) is 0 Å². The summed E-state index contributed by atoms with van der Waals surface area (Å²) < 4.78 is 0.979. The predicted molar refractivity (Wildman–Crippen MR) is 44.8 cm³/mol. The van der Waals surface area contributed by atoms with Gasteiger partial charge in [0.25, 0.3) is 5.78 Å². The summed E-state index contributed by atoms with van der Waals surface area (Å²) in [7, 11) is 6.48. The van der Waals surface area contributed by atoms with Crippen molar-refractivity contribution in [1.29, 1.82) is 0 Å². The van der Waals surface area contributed by atoms with Crippen molar-refractivity contribution in [2.45, 2.75) is 19.8 Å². The third-order valence-corrected chi connectivity index (χ3v) is 1.37. The first-order valence-electron chi connectivity index (χ1n) is 3.74. The molecule has 0 aromatic rings. The van der Waals surface area contributed by atoms with E-state index in [0.717, 1.165) is 23.9 Å². The number of hydrogen-bond donors (Lipinski definition) is 0. The van der Waals surface area contributed by atoms with Crippen molar-refractivity contribution in [2.75, 3.05) is 27.7 Å². The number of hydrogen-bond acceptors (Lipinski definition) is 0. The summed E-state index contributed by atoms with van der Waals surface area (Å²) >= 11 is 0. The molecule has 2 nitrogen and oxygen atoms in total. The van der Waals surface area contributed by atoms with Crippen LogP contribution in [0.4, 0.5) is 0 Å². The molecule has 0 aliphatic heterocycles. The molecular weight excluding hydrogens is 126 g/mol. The number of nitrogens with zero attached hydrogens (tertiary/aromatic N) is 1. The van der Waals surface area contributed by atoms with E-state index in [2.05, 4.69) is 21.1 Å². The third kappa shape index (κ3) is 7.63. The fourth-order valence-corrected chi connectivity index (χ4v) is 0.809. The predicted octanol–water partition coefficient (Wildman–Crippen LogP) is 1.04. The van der Waals surface area contributed by atoms with E-state index in [1.54, 1.807) is 6.92 Å². The second-order valence-electron chi connectivity index (χ2n) is 3.85. The summed E-state index contributed by atoms with van der Waals surface area (Å²) in [4.78, 5) is 8.86. The first-order chi connectivity index (χ1) is 4.42. The molecule has 0 spiro atoms. The maximum Gasteiger partial charge on any atom is 0.290 e. The van der Waals surface area contributed by atoms with E-state index in [9.17, 15) is 0 Å². The van der Waals surface area contributed by atoms with Crippen LogP contribution in [0.3, 0.4) is 0 Å². The summed E-state index contributed by atoms with van der Waals surface area (Å²) in [5.41, 5.74) is 0. The summed E-state index contributed by atoms with van der Waals surface area (Å²) in [6.45, 7) is 2.88. The van der Waals surface area contributed by atoms with Crippen LogP contribution < -0.4 is 0 Å². The zero-order valence-electron chi connectivity index (χ0n) is 7.52. The molecule has 2 heteroatoms. The Hall–Kier alpha value is -0.370. The number of rotatable bonds is 4. The Balaban J connectivity index is 3.29. The third-order valence-electron chi connectivity index (χ3n) is 1.37.